The molecule has 2 aliphatic rings. The second-order valence-corrected chi connectivity index (χ2v) is 8.79. The van der Waals surface area contributed by atoms with Crippen LogP contribution in [-0.4, -0.2) is 66.4 Å². The Morgan fingerprint density at radius 3 is 2.29 bits per heavy atom. The first-order valence-corrected chi connectivity index (χ1v) is 11.6. The van der Waals surface area contributed by atoms with E-state index in [4.69, 9.17) is 9.47 Å². The number of benzene rings is 2. The largest absolute Gasteiger partial charge is 0.479 e. The lowest BCUT2D eigenvalue weighted by atomic mass is 9.96. The molecule has 2 aromatic rings. The third-order valence-electron chi connectivity index (χ3n) is 6.88. The van der Waals surface area contributed by atoms with Crippen molar-refractivity contribution in [1.29, 1.82) is 0 Å². The molecular weight excluding hydrogens is 436 g/mol. The number of hydrogen-bond acceptors (Lipinski definition) is 5. The summed E-state index contributed by atoms with van der Waals surface area (Å²) in [7, 11) is 1.41. The summed E-state index contributed by atoms with van der Waals surface area (Å²) in [4.78, 5) is 39.3. The first-order valence-electron chi connectivity index (χ1n) is 11.6. The van der Waals surface area contributed by atoms with E-state index in [9.17, 15) is 19.5 Å². The minimum Gasteiger partial charge on any atom is -0.479 e. The number of nitrogens with zero attached hydrogens (tertiary/aromatic N) is 1. The maximum atomic E-state index is 13.2. The molecule has 1 aliphatic carbocycles. The molecule has 0 saturated carbocycles. The highest BCUT2D eigenvalue weighted by atomic mass is 16.5. The van der Waals surface area contributed by atoms with Gasteiger partial charge in [-0.05, 0) is 41.5 Å². The Labute approximate surface area is 198 Å². The van der Waals surface area contributed by atoms with E-state index >= 15 is 0 Å². The van der Waals surface area contributed by atoms with Crippen molar-refractivity contribution in [2.45, 2.75) is 43.7 Å². The normalized spacial score (nSPS) is 19.9. The minimum atomic E-state index is -1.41. The number of rotatable bonds is 8. The predicted molar refractivity (Wildman–Crippen MR) is 125 cm³/mol. The van der Waals surface area contributed by atoms with Crippen LogP contribution in [0.25, 0.3) is 11.1 Å². The average molecular weight is 467 g/mol. The topological polar surface area (TPSA) is 105 Å². The van der Waals surface area contributed by atoms with Crippen molar-refractivity contribution >= 4 is 18.0 Å². The number of carbonyl (C=O) groups is 3. The Bertz CT molecular complexity index is 1040. The van der Waals surface area contributed by atoms with Gasteiger partial charge >= 0.3 is 12.1 Å². The molecule has 2 N–H and O–H groups in total. The van der Waals surface area contributed by atoms with Crippen LogP contribution in [0.2, 0.25) is 0 Å². The average Bonchev–Trinajstić information content (AvgIpc) is 3.41. The number of carboxylic acid groups (broad SMARTS) is 1. The van der Waals surface area contributed by atoms with E-state index in [2.05, 4.69) is 17.4 Å². The molecule has 2 unspecified atom stereocenters. The number of amides is 2. The highest BCUT2D eigenvalue weighted by molar-refractivity contribution is 5.92. The van der Waals surface area contributed by atoms with Gasteiger partial charge in [0.25, 0.3) is 0 Å². The van der Waals surface area contributed by atoms with Crippen LogP contribution in [-0.2, 0) is 19.1 Å². The summed E-state index contributed by atoms with van der Waals surface area (Å²) in [5, 5.41) is 12.5. The van der Waals surface area contributed by atoms with E-state index in [1.807, 2.05) is 36.4 Å². The van der Waals surface area contributed by atoms with E-state index in [1.165, 1.54) is 12.0 Å². The molecule has 180 valence electrons. The summed E-state index contributed by atoms with van der Waals surface area (Å²) in [5.74, 6) is -1.63. The van der Waals surface area contributed by atoms with E-state index in [0.29, 0.717) is 25.8 Å². The summed E-state index contributed by atoms with van der Waals surface area (Å²) < 4.78 is 10.7. The molecule has 1 heterocycles. The molecule has 8 nitrogen and oxygen atoms in total. The third kappa shape index (κ3) is 4.14. The molecule has 34 heavy (non-hydrogen) atoms. The van der Waals surface area contributed by atoms with Crippen LogP contribution in [0.1, 0.15) is 43.2 Å². The van der Waals surface area contributed by atoms with Crippen LogP contribution in [0.15, 0.2) is 48.5 Å². The van der Waals surface area contributed by atoms with E-state index in [-0.39, 0.29) is 19.1 Å². The van der Waals surface area contributed by atoms with Crippen molar-refractivity contribution in [3.8, 4) is 11.1 Å². The third-order valence-corrected chi connectivity index (χ3v) is 6.88. The molecule has 0 spiro atoms. The number of carbonyl (C=O) groups excluding carboxylic acids is 2. The molecule has 0 radical (unpaired) electrons. The Morgan fingerprint density at radius 1 is 1.12 bits per heavy atom. The molecule has 0 aromatic heterocycles. The van der Waals surface area contributed by atoms with Gasteiger partial charge in [-0.2, -0.15) is 0 Å². The van der Waals surface area contributed by atoms with Crippen LogP contribution in [0.4, 0.5) is 4.79 Å². The molecule has 1 aliphatic heterocycles. The van der Waals surface area contributed by atoms with Crippen LogP contribution < -0.4 is 5.32 Å². The van der Waals surface area contributed by atoms with Gasteiger partial charge < -0.3 is 24.8 Å². The number of carboxylic acids is 1. The standard InChI is InChI=1S/C26H30N2O6/c1-3-22(23(29)28-14-8-13-26(28,16-33-2)24(30)31)27-25(32)34-15-21-19-11-6-4-9-17(19)18-10-5-7-12-20(18)21/h4-7,9-12,21-22H,3,8,13-16H2,1-2H3,(H,27,32)(H,30,31). The number of fused-ring (bicyclic) bond motifs is 3. The van der Waals surface area contributed by atoms with Crippen molar-refractivity contribution in [2.75, 3.05) is 26.9 Å². The van der Waals surface area contributed by atoms with Gasteiger partial charge in [0.2, 0.25) is 5.91 Å². The Kier molecular flexibility index (Phi) is 6.88. The maximum absolute atomic E-state index is 13.2. The van der Waals surface area contributed by atoms with Gasteiger partial charge in [0.15, 0.2) is 5.54 Å². The second-order valence-electron chi connectivity index (χ2n) is 8.79. The fourth-order valence-electron chi connectivity index (χ4n) is 5.18. The summed E-state index contributed by atoms with van der Waals surface area (Å²) >= 11 is 0. The van der Waals surface area contributed by atoms with E-state index < -0.39 is 29.6 Å². The van der Waals surface area contributed by atoms with Crippen molar-refractivity contribution < 1.29 is 29.0 Å². The quantitative estimate of drug-likeness (QED) is 0.618. The summed E-state index contributed by atoms with van der Waals surface area (Å²) in [6.07, 6.45) is 0.475. The summed E-state index contributed by atoms with van der Waals surface area (Å²) in [6.45, 7) is 2.10. The fraction of sp³-hybridized carbons (Fsp3) is 0.423. The predicted octanol–water partition coefficient (Wildman–Crippen LogP) is 3.40. The molecule has 1 saturated heterocycles. The maximum Gasteiger partial charge on any atom is 0.407 e. The molecular formula is C26H30N2O6. The summed E-state index contributed by atoms with van der Waals surface area (Å²) in [5.41, 5.74) is 3.05. The van der Waals surface area contributed by atoms with Crippen molar-refractivity contribution in [1.82, 2.24) is 10.2 Å². The molecule has 2 aromatic carbocycles. The SMILES string of the molecule is CCC(NC(=O)OCC1c2ccccc2-c2ccccc21)C(=O)N1CCCC1(COC)C(=O)O. The Balaban J connectivity index is 1.43. The number of hydrogen-bond donors (Lipinski definition) is 2. The molecule has 8 heteroatoms. The van der Waals surface area contributed by atoms with Gasteiger partial charge in [-0.25, -0.2) is 9.59 Å². The fourth-order valence-corrected chi connectivity index (χ4v) is 5.18. The van der Waals surface area contributed by atoms with Gasteiger partial charge in [-0.3, -0.25) is 4.79 Å². The van der Waals surface area contributed by atoms with E-state index in [1.54, 1.807) is 6.92 Å². The molecule has 2 atom stereocenters. The zero-order chi connectivity index (χ0) is 24.3. The number of alkyl carbamates (subject to hydrolysis) is 1. The van der Waals surface area contributed by atoms with Crippen molar-refractivity contribution in [3.05, 3.63) is 59.7 Å². The first-order chi connectivity index (χ1) is 16.4. The Hall–Kier alpha value is -3.39. The van der Waals surface area contributed by atoms with Gasteiger partial charge in [0.05, 0.1) is 6.61 Å². The minimum absolute atomic E-state index is 0.0890. The lowest BCUT2D eigenvalue weighted by molar-refractivity contribution is -0.161. The Morgan fingerprint density at radius 2 is 1.74 bits per heavy atom. The molecule has 0 bridgehead atoms. The van der Waals surface area contributed by atoms with Gasteiger partial charge in [0.1, 0.15) is 12.6 Å². The number of nitrogens with one attached hydrogen (secondary N) is 1. The van der Waals surface area contributed by atoms with Crippen LogP contribution >= 0.6 is 0 Å². The zero-order valence-electron chi connectivity index (χ0n) is 19.5. The first kappa shape index (κ1) is 23.8. The highest BCUT2D eigenvalue weighted by Crippen LogP contribution is 2.44. The van der Waals surface area contributed by atoms with E-state index in [0.717, 1.165) is 22.3 Å². The number of methoxy groups -OCH3 is 1. The second kappa shape index (κ2) is 9.85. The van der Waals surface area contributed by atoms with Crippen LogP contribution in [0, 0.1) is 0 Å². The van der Waals surface area contributed by atoms with Gasteiger partial charge in [-0.1, -0.05) is 55.5 Å². The number of ether oxygens (including phenoxy) is 2. The monoisotopic (exact) mass is 466 g/mol. The van der Waals surface area contributed by atoms with Gasteiger partial charge in [-0.15, -0.1) is 0 Å². The molecule has 2 amide bonds. The number of likely N-dealkylation sites (tertiary alicyclic amines) is 1. The van der Waals surface area contributed by atoms with Gasteiger partial charge in [0, 0.05) is 19.6 Å². The van der Waals surface area contributed by atoms with Crippen molar-refractivity contribution in [3.63, 3.8) is 0 Å². The van der Waals surface area contributed by atoms with Crippen LogP contribution in [0.3, 0.4) is 0 Å². The summed E-state index contributed by atoms with van der Waals surface area (Å²) in [6, 6.07) is 15.2. The van der Waals surface area contributed by atoms with Crippen LogP contribution in [0.5, 0.6) is 0 Å². The van der Waals surface area contributed by atoms with Crippen molar-refractivity contribution in [2.24, 2.45) is 0 Å². The highest BCUT2D eigenvalue weighted by Gasteiger charge is 2.51. The smallest absolute Gasteiger partial charge is 0.407 e. The lowest BCUT2D eigenvalue weighted by Crippen LogP contribution is -2.60. The molecule has 4 rings (SSSR count). The molecule has 1 fully saturated rings. The number of aliphatic carboxylic acids is 1. The zero-order valence-corrected chi connectivity index (χ0v) is 19.5. The lowest BCUT2D eigenvalue weighted by Gasteiger charge is -2.36.